The molecule has 1 amide bonds. The summed E-state index contributed by atoms with van der Waals surface area (Å²) in [5.41, 5.74) is 3.05. The minimum absolute atomic E-state index is 0.000888. The zero-order valence-electron chi connectivity index (χ0n) is 11.9. The van der Waals surface area contributed by atoms with E-state index in [1.54, 1.807) is 19.1 Å². The van der Waals surface area contributed by atoms with Crippen molar-refractivity contribution in [3.8, 4) is 0 Å². The minimum atomic E-state index is -0.360. The third-order valence-corrected chi connectivity index (χ3v) is 2.86. The molecular weight excluding hydrogens is 228 g/mol. The lowest BCUT2D eigenvalue weighted by molar-refractivity contribution is -0.141. The van der Waals surface area contributed by atoms with Crippen LogP contribution in [0.2, 0.25) is 0 Å². The van der Waals surface area contributed by atoms with Gasteiger partial charge in [-0.1, -0.05) is 6.92 Å². The predicted octanol–water partition coefficient (Wildman–Crippen LogP) is 2.08. The van der Waals surface area contributed by atoms with Crippen LogP contribution in [0.3, 0.4) is 0 Å². The SMILES string of the molecule is CC[C@@H](OC)C(=O)N(C)Cc1cc(C)cc(C)n1. The Labute approximate surface area is 109 Å². The lowest BCUT2D eigenvalue weighted by Gasteiger charge is -2.22. The van der Waals surface area contributed by atoms with Gasteiger partial charge < -0.3 is 9.64 Å². The summed E-state index contributed by atoms with van der Waals surface area (Å²) in [5.74, 6) is 0.000888. The highest BCUT2D eigenvalue weighted by Crippen LogP contribution is 2.09. The Bertz CT molecular complexity index is 394. The van der Waals surface area contributed by atoms with Crippen LogP contribution in [0.15, 0.2) is 12.1 Å². The normalized spacial score (nSPS) is 12.3. The van der Waals surface area contributed by atoms with Gasteiger partial charge in [-0.05, 0) is 38.0 Å². The molecule has 100 valence electrons. The van der Waals surface area contributed by atoms with Crippen molar-refractivity contribution in [2.75, 3.05) is 14.2 Å². The number of carbonyl (C=O) groups is 1. The third-order valence-electron chi connectivity index (χ3n) is 2.86. The van der Waals surface area contributed by atoms with Gasteiger partial charge in [-0.3, -0.25) is 9.78 Å². The predicted molar refractivity (Wildman–Crippen MR) is 71.3 cm³/mol. The van der Waals surface area contributed by atoms with Crippen LogP contribution < -0.4 is 0 Å². The van der Waals surface area contributed by atoms with Crippen molar-refractivity contribution in [2.24, 2.45) is 0 Å². The molecule has 4 nitrogen and oxygen atoms in total. The molecule has 1 rings (SSSR count). The zero-order chi connectivity index (χ0) is 13.7. The van der Waals surface area contributed by atoms with Crippen molar-refractivity contribution in [1.29, 1.82) is 0 Å². The molecule has 0 aromatic carbocycles. The molecule has 0 radical (unpaired) electrons. The number of nitrogens with zero attached hydrogens (tertiary/aromatic N) is 2. The summed E-state index contributed by atoms with van der Waals surface area (Å²) in [6, 6.07) is 4.03. The highest BCUT2D eigenvalue weighted by molar-refractivity contribution is 5.80. The van der Waals surface area contributed by atoms with Gasteiger partial charge in [-0.2, -0.15) is 0 Å². The average Bonchev–Trinajstić information content (AvgIpc) is 2.28. The van der Waals surface area contributed by atoms with Gasteiger partial charge in [-0.15, -0.1) is 0 Å². The number of carbonyl (C=O) groups excluding carboxylic acids is 1. The van der Waals surface area contributed by atoms with Crippen LogP contribution in [0.5, 0.6) is 0 Å². The van der Waals surface area contributed by atoms with E-state index in [9.17, 15) is 4.79 Å². The number of pyridine rings is 1. The Morgan fingerprint density at radius 3 is 2.61 bits per heavy atom. The minimum Gasteiger partial charge on any atom is -0.372 e. The molecule has 1 heterocycles. The number of rotatable bonds is 5. The van der Waals surface area contributed by atoms with E-state index in [4.69, 9.17) is 4.74 Å². The Hall–Kier alpha value is -1.42. The van der Waals surface area contributed by atoms with Crippen LogP contribution >= 0.6 is 0 Å². The van der Waals surface area contributed by atoms with E-state index >= 15 is 0 Å². The molecule has 0 saturated heterocycles. The van der Waals surface area contributed by atoms with E-state index in [-0.39, 0.29) is 12.0 Å². The molecule has 0 bridgehead atoms. The van der Waals surface area contributed by atoms with Crippen molar-refractivity contribution in [2.45, 2.75) is 39.8 Å². The maximum Gasteiger partial charge on any atom is 0.251 e. The summed E-state index contributed by atoms with van der Waals surface area (Å²) in [6.07, 6.45) is 0.320. The van der Waals surface area contributed by atoms with Gasteiger partial charge in [0, 0.05) is 19.9 Å². The fourth-order valence-corrected chi connectivity index (χ4v) is 2.01. The van der Waals surface area contributed by atoms with E-state index in [0.29, 0.717) is 13.0 Å². The van der Waals surface area contributed by atoms with E-state index in [1.165, 1.54) is 0 Å². The van der Waals surface area contributed by atoms with E-state index < -0.39 is 0 Å². The lowest BCUT2D eigenvalue weighted by atomic mass is 10.2. The second-order valence-electron chi connectivity index (χ2n) is 4.60. The molecular formula is C14H22N2O2. The second-order valence-corrected chi connectivity index (χ2v) is 4.60. The van der Waals surface area contributed by atoms with Crippen LogP contribution in [-0.4, -0.2) is 36.1 Å². The summed E-state index contributed by atoms with van der Waals surface area (Å²) in [5, 5.41) is 0. The smallest absolute Gasteiger partial charge is 0.251 e. The largest absolute Gasteiger partial charge is 0.372 e. The van der Waals surface area contributed by atoms with Gasteiger partial charge in [0.1, 0.15) is 6.10 Å². The van der Waals surface area contributed by atoms with Crippen LogP contribution in [0.1, 0.15) is 30.3 Å². The zero-order valence-corrected chi connectivity index (χ0v) is 11.9. The van der Waals surface area contributed by atoms with Crippen molar-refractivity contribution in [1.82, 2.24) is 9.88 Å². The molecule has 0 fully saturated rings. The molecule has 1 atom stereocenters. The number of aryl methyl sites for hydroxylation is 2. The molecule has 0 aliphatic rings. The molecule has 0 aliphatic heterocycles. The number of amides is 1. The number of hydrogen-bond donors (Lipinski definition) is 0. The number of hydrogen-bond acceptors (Lipinski definition) is 3. The third kappa shape index (κ3) is 3.81. The lowest BCUT2D eigenvalue weighted by Crippen LogP contribution is -2.36. The molecule has 1 aromatic rings. The molecule has 1 aromatic heterocycles. The fourth-order valence-electron chi connectivity index (χ4n) is 2.01. The number of likely N-dealkylation sites (N-methyl/N-ethyl adjacent to an activating group) is 1. The quantitative estimate of drug-likeness (QED) is 0.803. The molecule has 4 heteroatoms. The molecule has 0 saturated carbocycles. The van der Waals surface area contributed by atoms with Crippen LogP contribution in [0.25, 0.3) is 0 Å². The summed E-state index contributed by atoms with van der Waals surface area (Å²) >= 11 is 0. The summed E-state index contributed by atoms with van der Waals surface area (Å²) in [7, 11) is 3.35. The van der Waals surface area contributed by atoms with Crippen molar-refractivity contribution < 1.29 is 9.53 Å². The van der Waals surface area contributed by atoms with Crippen molar-refractivity contribution in [3.63, 3.8) is 0 Å². The second kappa shape index (κ2) is 6.50. The first-order chi connectivity index (χ1) is 8.47. The van der Waals surface area contributed by atoms with Gasteiger partial charge >= 0.3 is 0 Å². The molecule has 0 unspecified atom stereocenters. The van der Waals surface area contributed by atoms with Crippen LogP contribution in [0.4, 0.5) is 0 Å². The van der Waals surface area contributed by atoms with Crippen molar-refractivity contribution in [3.05, 3.63) is 29.1 Å². The first-order valence-corrected chi connectivity index (χ1v) is 6.19. The summed E-state index contributed by atoms with van der Waals surface area (Å²) in [4.78, 5) is 18.2. The van der Waals surface area contributed by atoms with Gasteiger partial charge in [-0.25, -0.2) is 0 Å². The van der Waals surface area contributed by atoms with Crippen LogP contribution in [0, 0.1) is 13.8 Å². The van der Waals surface area contributed by atoms with Crippen LogP contribution in [-0.2, 0) is 16.1 Å². The maximum atomic E-state index is 12.1. The highest BCUT2D eigenvalue weighted by Gasteiger charge is 2.20. The van der Waals surface area contributed by atoms with E-state index in [1.807, 2.05) is 32.9 Å². The summed E-state index contributed by atoms with van der Waals surface area (Å²) < 4.78 is 5.16. The molecule has 18 heavy (non-hydrogen) atoms. The molecule has 0 spiro atoms. The topological polar surface area (TPSA) is 42.4 Å². The monoisotopic (exact) mass is 250 g/mol. The summed E-state index contributed by atoms with van der Waals surface area (Å²) in [6.45, 7) is 6.45. The van der Waals surface area contributed by atoms with E-state index in [2.05, 4.69) is 4.98 Å². The number of ether oxygens (including phenoxy) is 1. The number of methoxy groups -OCH3 is 1. The fraction of sp³-hybridized carbons (Fsp3) is 0.571. The van der Waals surface area contributed by atoms with Gasteiger partial charge in [0.25, 0.3) is 5.91 Å². The first-order valence-electron chi connectivity index (χ1n) is 6.19. The van der Waals surface area contributed by atoms with Gasteiger partial charge in [0.05, 0.1) is 12.2 Å². The Morgan fingerprint density at radius 2 is 2.11 bits per heavy atom. The van der Waals surface area contributed by atoms with Gasteiger partial charge in [0.15, 0.2) is 0 Å². The Morgan fingerprint density at radius 1 is 1.44 bits per heavy atom. The standard InChI is InChI=1S/C14H22N2O2/c1-6-13(18-5)14(17)16(4)9-12-8-10(2)7-11(3)15-12/h7-8,13H,6,9H2,1-5H3/t13-/m1/s1. The average molecular weight is 250 g/mol. The Balaban J connectivity index is 2.74. The maximum absolute atomic E-state index is 12.1. The molecule has 0 aliphatic carbocycles. The van der Waals surface area contributed by atoms with Gasteiger partial charge in [0.2, 0.25) is 0 Å². The highest BCUT2D eigenvalue weighted by atomic mass is 16.5. The first kappa shape index (κ1) is 14.6. The Kier molecular flexibility index (Phi) is 5.28. The van der Waals surface area contributed by atoms with Crippen molar-refractivity contribution >= 4 is 5.91 Å². The number of aromatic nitrogens is 1. The molecule has 0 N–H and O–H groups in total. The van der Waals surface area contributed by atoms with E-state index in [0.717, 1.165) is 17.0 Å².